The van der Waals surface area contributed by atoms with Gasteiger partial charge in [0.05, 0.1) is 10.6 Å². The second-order valence-electron chi connectivity index (χ2n) is 7.37. The summed E-state index contributed by atoms with van der Waals surface area (Å²) < 4.78 is 26.0. The summed E-state index contributed by atoms with van der Waals surface area (Å²) in [4.78, 5) is 0.404. The second-order valence-corrected chi connectivity index (χ2v) is 9.40. The Morgan fingerprint density at radius 2 is 1.22 bits per heavy atom. The number of hydrogen-bond donors (Lipinski definition) is 0. The van der Waals surface area contributed by atoms with E-state index in [0.29, 0.717) is 10.8 Å². The predicted octanol–water partition coefficient (Wildman–Crippen LogP) is 5.64. The Balaban J connectivity index is 1.78. The van der Waals surface area contributed by atoms with Crippen molar-refractivity contribution in [3.63, 3.8) is 0 Å². The van der Waals surface area contributed by atoms with E-state index in [1.54, 1.807) is 12.1 Å². The first-order chi connectivity index (χ1) is 13.0. The summed E-state index contributed by atoms with van der Waals surface area (Å²) in [5, 5.41) is 0. The Morgan fingerprint density at radius 1 is 0.704 bits per heavy atom. The fourth-order valence-corrected chi connectivity index (χ4v) is 5.08. The maximum atomic E-state index is 13.0. The van der Waals surface area contributed by atoms with E-state index in [1.807, 2.05) is 60.7 Å². The molecule has 0 spiro atoms. The Bertz CT molecular complexity index is 944. The Labute approximate surface area is 162 Å². The van der Waals surface area contributed by atoms with Gasteiger partial charge in [0.1, 0.15) is 0 Å². The maximum absolute atomic E-state index is 13.0. The van der Waals surface area contributed by atoms with Crippen LogP contribution in [0.15, 0.2) is 89.8 Å². The van der Waals surface area contributed by atoms with Gasteiger partial charge >= 0.3 is 0 Å². The molecule has 0 heterocycles. The highest BCUT2D eigenvalue weighted by atomic mass is 32.2. The molecule has 0 N–H and O–H groups in total. The molecule has 0 aliphatic carbocycles. The third-order valence-corrected chi connectivity index (χ3v) is 6.89. The molecule has 0 saturated heterocycles. The van der Waals surface area contributed by atoms with Gasteiger partial charge in [-0.15, -0.1) is 0 Å². The zero-order chi connectivity index (χ0) is 19.3. The maximum Gasteiger partial charge on any atom is 0.178 e. The van der Waals surface area contributed by atoms with Gasteiger partial charge in [0.25, 0.3) is 0 Å². The topological polar surface area (TPSA) is 34.1 Å². The first kappa shape index (κ1) is 19.4. The molecule has 1 unspecified atom stereocenters. The van der Waals surface area contributed by atoms with Gasteiger partial charge in [-0.3, -0.25) is 0 Å². The monoisotopic (exact) mass is 378 g/mol. The number of rotatable bonds is 7. The second kappa shape index (κ2) is 8.53. The van der Waals surface area contributed by atoms with Crippen LogP contribution in [0, 0.1) is 11.8 Å². The molecular formula is C24H26O2S. The summed E-state index contributed by atoms with van der Waals surface area (Å²) in [7, 11) is -3.32. The van der Waals surface area contributed by atoms with Crippen LogP contribution in [0.25, 0.3) is 11.1 Å². The smallest absolute Gasteiger partial charge is 0.178 e. The van der Waals surface area contributed by atoms with E-state index in [0.717, 1.165) is 17.5 Å². The van der Waals surface area contributed by atoms with Gasteiger partial charge in [-0.05, 0) is 47.1 Å². The Kier molecular flexibility index (Phi) is 6.12. The predicted molar refractivity (Wildman–Crippen MR) is 112 cm³/mol. The van der Waals surface area contributed by atoms with E-state index in [4.69, 9.17) is 0 Å². The fraction of sp³-hybridized carbons (Fsp3) is 0.250. The Hall–Kier alpha value is -2.39. The zero-order valence-electron chi connectivity index (χ0n) is 15.9. The van der Waals surface area contributed by atoms with Gasteiger partial charge in [0.15, 0.2) is 9.84 Å². The van der Waals surface area contributed by atoms with E-state index < -0.39 is 9.84 Å². The highest BCUT2D eigenvalue weighted by molar-refractivity contribution is 7.91. The van der Waals surface area contributed by atoms with Crippen LogP contribution in [0.2, 0.25) is 0 Å². The van der Waals surface area contributed by atoms with Crippen LogP contribution in [0.5, 0.6) is 0 Å². The molecule has 3 rings (SSSR count). The molecule has 2 nitrogen and oxygen atoms in total. The summed E-state index contributed by atoms with van der Waals surface area (Å²) in [5.74, 6) is 0.555. The van der Waals surface area contributed by atoms with Crippen LogP contribution in [-0.2, 0) is 16.3 Å². The summed E-state index contributed by atoms with van der Waals surface area (Å²) >= 11 is 0. The van der Waals surface area contributed by atoms with Crippen molar-refractivity contribution < 1.29 is 8.42 Å². The highest BCUT2D eigenvalue weighted by Gasteiger charge is 2.24. The van der Waals surface area contributed by atoms with Crippen molar-refractivity contribution in [3.05, 3.63) is 90.5 Å². The minimum atomic E-state index is -3.32. The molecule has 3 aromatic carbocycles. The quantitative estimate of drug-likeness (QED) is 0.533. The molecule has 0 bridgehead atoms. The lowest BCUT2D eigenvalue weighted by molar-refractivity contribution is 0.415. The average Bonchev–Trinajstić information content (AvgIpc) is 2.69. The number of benzene rings is 3. The van der Waals surface area contributed by atoms with Gasteiger partial charge in [0.2, 0.25) is 0 Å². The highest BCUT2D eigenvalue weighted by Crippen LogP contribution is 2.25. The molecule has 0 fully saturated rings. The molecule has 0 aliphatic heterocycles. The van der Waals surface area contributed by atoms with Crippen molar-refractivity contribution in [1.82, 2.24) is 0 Å². The molecule has 1 atom stereocenters. The lowest BCUT2D eigenvalue weighted by Gasteiger charge is -2.21. The lowest BCUT2D eigenvalue weighted by atomic mass is 9.91. The minimum absolute atomic E-state index is 0.0891. The summed E-state index contributed by atoms with van der Waals surface area (Å²) in [6.45, 7) is 4.20. The van der Waals surface area contributed by atoms with E-state index in [2.05, 4.69) is 26.0 Å². The minimum Gasteiger partial charge on any atom is -0.224 e. The van der Waals surface area contributed by atoms with Crippen LogP contribution in [0.1, 0.15) is 19.4 Å². The molecule has 140 valence electrons. The van der Waals surface area contributed by atoms with E-state index in [1.165, 1.54) is 5.56 Å². The summed E-state index contributed by atoms with van der Waals surface area (Å²) in [6, 6.07) is 27.4. The van der Waals surface area contributed by atoms with Crippen molar-refractivity contribution in [2.45, 2.75) is 25.2 Å². The van der Waals surface area contributed by atoms with Gasteiger partial charge in [0, 0.05) is 0 Å². The molecule has 0 aliphatic rings. The summed E-state index contributed by atoms with van der Waals surface area (Å²) in [6.07, 6.45) is 0.778. The first-order valence-corrected chi connectivity index (χ1v) is 11.0. The van der Waals surface area contributed by atoms with Gasteiger partial charge in [-0.25, -0.2) is 8.42 Å². The first-order valence-electron chi connectivity index (χ1n) is 9.38. The van der Waals surface area contributed by atoms with E-state index >= 15 is 0 Å². The Morgan fingerprint density at radius 3 is 1.78 bits per heavy atom. The standard InChI is InChI=1S/C24H26O2S/c1-19(2)23(17-20-9-5-3-6-10-20)18-27(25,26)24-15-13-22(14-16-24)21-11-7-4-8-12-21/h3-16,19,23H,17-18H2,1-2H3. The van der Waals surface area contributed by atoms with Crippen LogP contribution >= 0.6 is 0 Å². The van der Waals surface area contributed by atoms with Crippen molar-refractivity contribution in [1.29, 1.82) is 0 Å². The van der Waals surface area contributed by atoms with Crippen molar-refractivity contribution >= 4 is 9.84 Å². The third-order valence-electron chi connectivity index (χ3n) is 5.04. The molecule has 0 amide bonds. The van der Waals surface area contributed by atoms with E-state index in [-0.39, 0.29) is 11.7 Å². The van der Waals surface area contributed by atoms with Crippen LogP contribution < -0.4 is 0 Å². The van der Waals surface area contributed by atoms with Gasteiger partial charge in [-0.1, -0.05) is 86.6 Å². The van der Waals surface area contributed by atoms with Gasteiger partial charge in [-0.2, -0.15) is 0 Å². The molecule has 3 aromatic rings. The molecule has 0 aromatic heterocycles. The fourth-order valence-electron chi connectivity index (χ4n) is 3.27. The van der Waals surface area contributed by atoms with Crippen molar-refractivity contribution in [2.75, 3.05) is 5.75 Å². The number of hydrogen-bond acceptors (Lipinski definition) is 2. The van der Waals surface area contributed by atoms with Crippen LogP contribution in [0.4, 0.5) is 0 Å². The van der Waals surface area contributed by atoms with Crippen molar-refractivity contribution in [3.8, 4) is 11.1 Å². The molecule has 0 radical (unpaired) electrons. The molecule has 3 heteroatoms. The lowest BCUT2D eigenvalue weighted by Crippen LogP contribution is -2.23. The van der Waals surface area contributed by atoms with E-state index in [9.17, 15) is 8.42 Å². The number of sulfone groups is 1. The largest absolute Gasteiger partial charge is 0.224 e. The average molecular weight is 379 g/mol. The molecule has 27 heavy (non-hydrogen) atoms. The third kappa shape index (κ3) is 5.08. The molecule has 0 saturated carbocycles. The SMILES string of the molecule is CC(C)C(Cc1ccccc1)CS(=O)(=O)c1ccc(-c2ccccc2)cc1. The van der Waals surface area contributed by atoms with Crippen LogP contribution in [-0.4, -0.2) is 14.2 Å². The normalized spacial score (nSPS) is 12.9. The van der Waals surface area contributed by atoms with Crippen LogP contribution in [0.3, 0.4) is 0 Å². The van der Waals surface area contributed by atoms with Gasteiger partial charge < -0.3 is 0 Å². The zero-order valence-corrected chi connectivity index (χ0v) is 16.7. The van der Waals surface area contributed by atoms with Crippen molar-refractivity contribution in [2.24, 2.45) is 11.8 Å². The molecular weight excluding hydrogens is 352 g/mol. The summed E-state index contributed by atoms with van der Waals surface area (Å²) in [5.41, 5.74) is 3.30.